The molecule has 5 aromatic rings. The first kappa shape index (κ1) is 20.1. The van der Waals surface area contributed by atoms with Crippen LogP contribution in [0, 0.1) is 17.1 Å². The van der Waals surface area contributed by atoms with E-state index in [0.29, 0.717) is 22.6 Å². The summed E-state index contributed by atoms with van der Waals surface area (Å²) in [6, 6.07) is 25.3. The number of nitrogens with two attached hydrogens (primary N) is 1. The van der Waals surface area contributed by atoms with Crippen LogP contribution in [0.25, 0.3) is 33.3 Å². The Labute approximate surface area is 189 Å². The molecule has 0 amide bonds. The minimum atomic E-state index is -0.348. The molecule has 33 heavy (non-hydrogen) atoms. The lowest BCUT2D eigenvalue weighted by molar-refractivity contribution is 0.628. The summed E-state index contributed by atoms with van der Waals surface area (Å²) in [6.45, 7) is 0. The van der Waals surface area contributed by atoms with Crippen molar-refractivity contribution in [2.24, 2.45) is 0 Å². The molecule has 6 nitrogen and oxygen atoms in total. The molecule has 0 spiro atoms. The monoisotopic (exact) mass is 432 g/mol. The second-order valence-corrected chi connectivity index (χ2v) is 7.38. The predicted octanol–water partition coefficient (Wildman–Crippen LogP) is 5.70. The largest absolute Gasteiger partial charge is 0.383 e. The maximum absolute atomic E-state index is 13.4. The SMILES string of the molecule is N#Cc1c(-c2ccc(F)cc2)cc(-c2ccc(Nc3ncnc4ccccc34)cc2)nc1N. The fourth-order valence-corrected chi connectivity index (χ4v) is 3.65. The molecule has 0 unspecified atom stereocenters. The Balaban J connectivity index is 1.49. The lowest BCUT2D eigenvalue weighted by Crippen LogP contribution is -2.00. The van der Waals surface area contributed by atoms with Gasteiger partial charge in [-0.25, -0.2) is 19.3 Å². The quantitative estimate of drug-likeness (QED) is 0.378. The summed E-state index contributed by atoms with van der Waals surface area (Å²) in [4.78, 5) is 13.1. The third kappa shape index (κ3) is 3.93. The van der Waals surface area contributed by atoms with E-state index in [2.05, 4.69) is 26.3 Å². The lowest BCUT2D eigenvalue weighted by atomic mass is 9.98. The molecule has 0 saturated carbocycles. The first-order chi connectivity index (χ1) is 16.1. The summed E-state index contributed by atoms with van der Waals surface area (Å²) in [6.07, 6.45) is 1.53. The highest BCUT2D eigenvalue weighted by atomic mass is 19.1. The third-order valence-electron chi connectivity index (χ3n) is 5.30. The number of hydrogen-bond donors (Lipinski definition) is 2. The zero-order valence-corrected chi connectivity index (χ0v) is 17.3. The number of rotatable bonds is 4. The van der Waals surface area contributed by atoms with Gasteiger partial charge in [-0.1, -0.05) is 36.4 Å². The van der Waals surface area contributed by atoms with E-state index < -0.39 is 0 Å². The van der Waals surface area contributed by atoms with Crippen LogP contribution in [0.2, 0.25) is 0 Å². The number of halogens is 1. The van der Waals surface area contributed by atoms with Crippen LogP contribution >= 0.6 is 0 Å². The van der Waals surface area contributed by atoms with Crippen LogP contribution in [0.5, 0.6) is 0 Å². The summed E-state index contributed by atoms with van der Waals surface area (Å²) in [5.74, 6) is 0.496. The van der Waals surface area contributed by atoms with Gasteiger partial charge in [-0.3, -0.25) is 0 Å². The number of para-hydroxylation sites is 1. The van der Waals surface area contributed by atoms with Crippen molar-refractivity contribution in [1.82, 2.24) is 15.0 Å². The van der Waals surface area contributed by atoms with E-state index in [1.165, 1.54) is 18.5 Å². The highest BCUT2D eigenvalue weighted by Gasteiger charge is 2.14. The maximum atomic E-state index is 13.4. The van der Waals surface area contributed by atoms with Gasteiger partial charge in [-0.05, 0) is 48.0 Å². The third-order valence-corrected chi connectivity index (χ3v) is 5.30. The van der Waals surface area contributed by atoms with Crippen molar-refractivity contribution in [3.8, 4) is 28.5 Å². The summed E-state index contributed by atoms with van der Waals surface area (Å²) < 4.78 is 13.4. The summed E-state index contributed by atoms with van der Waals surface area (Å²) in [7, 11) is 0. The van der Waals surface area contributed by atoms with Crippen molar-refractivity contribution >= 4 is 28.2 Å². The minimum absolute atomic E-state index is 0.129. The van der Waals surface area contributed by atoms with Gasteiger partial charge in [0.1, 0.15) is 35.4 Å². The second-order valence-electron chi connectivity index (χ2n) is 7.38. The average molecular weight is 432 g/mol. The molecular formula is C26H17FN6. The van der Waals surface area contributed by atoms with E-state index in [1.807, 2.05) is 48.5 Å². The summed E-state index contributed by atoms with van der Waals surface area (Å²) >= 11 is 0. The van der Waals surface area contributed by atoms with Crippen molar-refractivity contribution in [3.63, 3.8) is 0 Å². The molecule has 158 valence electrons. The Morgan fingerprint density at radius 3 is 2.36 bits per heavy atom. The van der Waals surface area contributed by atoms with Crippen molar-refractivity contribution in [3.05, 3.63) is 96.6 Å². The molecule has 0 radical (unpaired) electrons. The van der Waals surface area contributed by atoms with E-state index in [1.54, 1.807) is 18.2 Å². The van der Waals surface area contributed by atoms with Gasteiger partial charge in [0.25, 0.3) is 0 Å². The number of anilines is 3. The molecule has 3 aromatic carbocycles. The average Bonchev–Trinajstić information content (AvgIpc) is 2.85. The predicted molar refractivity (Wildman–Crippen MR) is 127 cm³/mol. The van der Waals surface area contributed by atoms with Crippen LogP contribution in [0.15, 0.2) is 85.2 Å². The molecule has 3 N–H and O–H groups in total. The molecule has 0 aliphatic rings. The fraction of sp³-hybridized carbons (Fsp3) is 0. The van der Waals surface area contributed by atoms with Crippen LogP contribution in [-0.4, -0.2) is 15.0 Å². The molecule has 0 saturated heterocycles. The number of hydrogen-bond acceptors (Lipinski definition) is 6. The summed E-state index contributed by atoms with van der Waals surface area (Å²) in [5, 5.41) is 13.8. The van der Waals surface area contributed by atoms with Crippen molar-refractivity contribution in [1.29, 1.82) is 5.26 Å². The van der Waals surface area contributed by atoms with Gasteiger partial charge in [-0.2, -0.15) is 5.26 Å². The zero-order valence-electron chi connectivity index (χ0n) is 17.3. The summed E-state index contributed by atoms with van der Waals surface area (Å²) in [5.41, 5.74) is 10.8. The van der Waals surface area contributed by atoms with Crippen molar-refractivity contribution in [2.75, 3.05) is 11.1 Å². The highest BCUT2D eigenvalue weighted by molar-refractivity contribution is 5.90. The Kier molecular flexibility index (Phi) is 5.09. The van der Waals surface area contributed by atoms with Gasteiger partial charge in [0.05, 0.1) is 11.2 Å². The van der Waals surface area contributed by atoms with Crippen LogP contribution in [0.4, 0.5) is 21.7 Å². The minimum Gasteiger partial charge on any atom is -0.383 e. The molecule has 0 aliphatic heterocycles. The van der Waals surface area contributed by atoms with Gasteiger partial charge in [-0.15, -0.1) is 0 Å². The number of fused-ring (bicyclic) bond motifs is 1. The van der Waals surface area contributed by atoms with Gasteiger partial charge in [0.15, 0.2) is 0 Å². The Morgan fingerprint density at radius 2 is 1.61 bits per heavy atom. The molecule has 2 aromatic heterocycles. The number of nitrogens with zero attached hydrogens (tertiary/aromatic N) is 4. The molecule has 0 bridgehead atoms. The molecule has 0 fully saturated rings. The van der Waals surface area contributed by atoms with Crippen LogP contribution in [-0.2, 0) is 0 Å². The second kappa shape index (κ2) is 8.36. The molecule has 7 heteroatoms. The van der Waals surface area contributed by atoms with Gasteiger partial charge >= 0.3 is 0 Å². The van der Waals surface area contributed by atoms with Crippen LogP contribution in [0.1, 0.15) is 5.56 Å². The van der Waals surface area contributed by atoms with Gasteiger partial charge < -0.3 is 11.1 Å². The number of nitriles is 1. The standard InChI is InChI=1S/C26H17FN6/c27-18-9-5-16(6-10-18)21-13-24(33-25(29)22(21)14-28)17-7-11-19(12-8-17)32-26-20-3-1-2-4-23(20)30-15-31-26/h1-13,15H,(H2,29,33)(H,30,31,32). The number of aromatic nitrogens is 3. The Bertz CT molecular complexity index is 1500. The van der Waals surface area contributed by atoms with Crippen molar-refractivity contribution < 1.29 is 4.39 Å². The van der Waals surface area contributed by atoms with Crippen LogP contribution in [0.3, 0.4) is 0 Å². The number of pyridine rings is 1. The van der Waals surface area contributed by atoms with Gasteiger partial charge in [0, 0.05) is 22.2 Å². The smallest absolute Gasteiger partial charge is 0.142 e. The lowest BCUT2D eigenvalue weighted by Gasteiger charge is -2.12. The topological polar surface area (TPSA) is 101 Å². The molecule has 0 aliphatic carbocycles. The maximum Gasteiger partial charge on any atom is 0.142 e. The Morgan fingerprint density at radius 1 is 0.879 bits per heavy atom. The molecule has 0 atom stereocenters. The van der Waals surface area contributed by atoms with E-state index >= 15 is 0 Å². The van der Waals surface area contributed by atoms with Crippen molar-refractivity contribution in [2.45, 2.75) is 0 Å². The number of benzene rings is 3. The first-order valence-electron chi connectivity index (χ1n) is 10.2. The highest BCUT2D eigenvalue weighted by Crippen LogP contribution is 2.32. The first-order valence-corrected chi connectivity index (χ1v) is 10.2. The molecule has 5 rings (SSSR count). The molecular weight excluding hydrogens is 415 g/mol. The number of nitrogen functional groups attached to an aromatic ring is 1. The van der Waals surface area contributed by atoms with E-state index in [4.69, 9.17) is 5.73 Å². The van der Waals surface area contributed by atoms with E-state index in [9.17, 15) is 9.65 Å². The zero-order chi connectivity index (χ0) is 22.8. The van der Waals surface area contributed by atoms with Crippen LogP contribution < -0.4 is 11.1 Å². The Hall–Kier alpha value is -4.83. The van der Waals surface area contributed by atoms with Gasteiger partial charge in [0.2, 0.25) is 0 Å². The molecule has 2 heterocycles. The van der Waals surface area contributed by atoms with E-state index in [0.717, 1.165) is 22.2 Å². The fourth-order valence-electron chi connectivity index (χ4n) is 3.65. The number of nitrogens with one attached hydrogen (secondary N) is 1. The normalized spacial score (nSPS) is 10.7. The van der Waals surface area contributed by atoms with E-state index in [-0.39, 0.29) is 17.2 Å².